The van der Waals surface area contributed by atoms with Gasteiger partial charge < -0.3 is 5.73 Å². The highest BCUT2D eigenvalue weighted by Gasteiger charge is 2.29. The van der Waals surface area contributed by atoms with Crippen molar-refractivity contribution in [3.8, 4) is 0 Å². The molecule has 1 aliphatic carbocycles. The fourth-order valence-corrected chi connectivity index (χ4v) is 2.04. The Kier molecular flexibility index (Phi) is 1.89. The first kappa shape index (κ1) is 9.78. The predicted octanol–water partition coefficient (Wildman–Crippen LogP) is 1.84. The smallest absolute Gasteiger partial charge is 0.195 e. The van der Waals surface area contributed by atoms with Crippen LogP contribution in [0, 0.1) is 6.07 Å². The number of nitrogens with two attached hydrogens (primary N) is 1. The van der Waals surface area contributed by atoms with E-state index in [1.165, 1.54) is 0 Å². The van der Waals surface area contributed by atoms with Gasteiger partial charge in [0, 0.05) is 34.0 Å². The van der Waals surface area contributed by atoms with Gasteiger partial charge in [-0.1, -0.05) is 24.3 Å². The lowest BCUT2D eigenvalue weighted by molar-refractivity contribution is 0.0979. The van der Waals surface area contributed by atoms with Gasteiger partial charge in [0.2, 0.25) is 0 Å². The van der Waals surface area contributed by atoms with Gasteiger partial charge in [0.15, 0.2) is 11.6 Å². The van der Waals surface area contributed by atoms with Crippen molar-refractivity contribution in [1.82, 2.24) is 0 Å². The molecule has 0 spiro atoms. The van der Waals surface area contributed by atoms with Gasteiger partial charge in [0.05, 0.1) is 0 Å². The van der Waals surface area contributed by atoms with Crippen LogP contribution in [-0.4, -0.2) is 11.6 Å². The van der Waals surface area contributed by atoms with Crippen LogP contribution in [0.1, 0.15) is 31.8 Å². The number of nitrogen functional groups attached to an aromatic ring is 1. The lowest BCUT2D eigenvalue weighted by Gasteiger charge is -2.16. The van der Waals surface area contributed by atoms with E-state index < -0.39 is 0 Å². The number of hydrogen-bond donors (Lipinski definition) is 1. The molecule has 17 heavy (non-hydrogen) atoms. The van der Waals surface area contributed by atoms with Gasteiger partial charge in [0.25, 0.3) is 0 Å². The van der Waals surface area contributed by atoms with Crippen molar-refractivity contribution >= 4 is 17.3 Å². The van der Waals surface area contributed by atoms with Gasteiger partial charge in [-0.05, 0) is 12.1 Å². The van der Waals surface area contributed by atoms with E-state index in [1.54, 1.807) is 36.4 Å². The molecule has 3 nitrogen and oxygen atoms in total. The quantitative estimate of drug-likeness (QED) is 0.590. The van der Waals surface area contributed by atoms with Crippen molar-refractivity contribution in [1.29, 1.82) is 0 Å². The lowest BCUT2D eigenvalue weighted by atomic mass is 9.84. The normalized spacial score (nSPS) is 13.2. The highest BCUT2D eigenvalue weighted by Crippen LogP contribution is 2.27. The number of carbonyl (C=O) groups excluding carboxylic acids is 2. The second kappa shape index (κ2) is 3.28. The van der Waals surface area contributed by atoms with E-state index in [1.807, 2.05) is 0 Å². The standard InChI is InChI=1S/C14H8NO2/c15-8-5-6-11-12(7-8)14(17)10-4-2-1-3-9(10)13(11)16/h1-6H,15H2. The number of carbonyl (C=O) groups is 2. The molecule has 0 bridgehead atoms. The Morgan fingerprint density at radius 3 is 2.18 bits per heavy atom. The van der Waals surface area contributed by atoms with Crippen LogP contribution in [0.15, 0.2) is 36.4 Å². The molecule has 0 unspecified atom stereocenters. The van der Waals surface area contributed by atoms with E-state index in [0.717, 1.165) is 0 Å². The van der Waals surface area contributed by atoms with Crippen molar-refractivity contribution < 1.29 is 9.59 Å². The van der Waals surface area contributed by atoms with Crippen LogP contribution in [0.25, 0.3) is 0 Å². The number of hydrogen-bond acceptors (Lipinski definition) is 3. The Hall–Kier alpha value is -2.42. The number of benzene rings is 2. The molecule has 0 aromatic heterocycles. The summed E-state index contributed by atoms with van der Waals surface area (Å²) < 4.78 is 0. The van der Waals surface area contributed by atoms with Gasteiger partial charge in [-0.2, -0.15) is 0 Å². The van der Waals surface area contributed by atoms with Crippen LogP contribution >= 0.6 is 0 Å². The van der Waals surface area contributed by atoms with Crippen molar-refractivity contribution in [2.45, 2.75) is 0 Å². The molecule has 0 saturated heterocycles. The summed E-state index contributed by atoms with van der Waals surface area (Å²) in [6.45, 7) is 0. The molecule has 2 aromatic rings. The third-order valence-corrected chi connectivity index (χ3v) is 2.86. The Morgan fingerprint density at radius 1 is 0.824 bits per heavy atom. The molecular formula is C14H8NO2. The van der Waals surface area contributed by atoms with Crippen molar-refractivity contribution in [3.05, 3.63) is 64.7 Å². The highest BCUT2D eigenvalue weighted by atomic mass is 16.1. The average molecular weight is 222 g/mol. The summed E-state index contributed by atoms with van der Waals surface area (Å²) in [5.74, 6) is -0.339. The summed E-state index contributed by atoms with van der Waals surface area (Å²) in [5, 5.41) is 0. The van der Waals surface area contributed by atoms with Crippen LogP contribution in [0.5, 0.6) is 0 Å². The fourth-order valence-electron chi connectivity index (χ4n) is 2.04. The molecule has 0 saturated carbocycles. The van der Waals surface area contributed by atoms with Gasteiger partial charge in [-0.15, -0.1) is 0 Å². The number of ketones is 2. The second-order valence-electron chi connectivity index (χ2n) is 3.91. The Labute approximate surface area is 97.9 Å². The summed E-state index contributed by atoms with van der Waals surface area (Å²) >= 11 is 0. The topological polar surface area (TPSA) is 60.2 Å². The van der Waals surface area contributed by atoms with E-state index >= 15 is 0 Å². The highest BCUT2D eigenvalue weighted by molar-refractivity contribution is 6.28. The maximum absolute atomic E-state index is 12.2. The van der Waals surface area contributed by atoms with Crippen LogP contribution in [0.2, 0.25) is 0 Å². The van der Waals surface area contributed by atoms with E-state index in [4.69, 9.17) is 5.73 Å². The summed E-state index contributed by atoms with van der Waals surface area (Å²) in [5.41, 5.74) is 7.48. The summed E-state index contributed by atoms with van der Waals surface area (Å²) in [7, 11) is 0. The minimum absolute atomic E-state index is 0.147. The first-order chi connectivity index (χ1) is 8.18. The fraction of sp³-hybridized carbons (Fsp3) is 0. The molecule has 0 atom stereocenters. The minimum Gasteiger partial charge on any atom is -0.398 e. The number of rotatable bonds is 0. The summed E-state index contributed by atoms with van der Waals surface area (Å²) in [6.07, 6.45) is 0. The monoisotopic (exact) mass is 222 g/mol. The number of fused-ring (bicyclic) bond motifs is 2. The van der Waals surface area contributed by atoms with Gasteiger partial charge in [-0.25, -0.2) is 0 Å². The molecule has 2 N–H and O–H groups in total. The molecule has 0 aliphatic heterocycles. The molecule has 3 heteroatoms. The minimum atomic E-state index is -0.192. The molecule has 3 rings (SSSR count). The second-order valence-corrected chi connectivity index (χ2v) is 3.91. The first-order valence-corrected chi connectivity index (χ1v) is 5.18. The SMILES string of the molecule is Nc1[c]c2c(cc1)C(=O)c1ccccc1C2=O. The lowest BCUT2D eigenvalue weighted by Crippen LogP contribution is -2.21. The number of anilines is 1. The van der Waals surface area contributed by atoms with Crippen molar-refractivity contribution in [2.75, 3.05) is 5.73 Å². The van der Waals surface area contributed by atoms with E-state index in [2.05, 4.69) is 6.07 Å². The first-order valence-electron chi connectivity index (χ1n) is 5.18. The molecule has 0 heterocycles. The van der Waals surface area contributed by atoms with Crippen LogP contribution < -0.4 is 5.73 Å². The zero-order valence-electron chi connectivity index (χ0n) is 8.86. The molecule has 1 radical (unpaired) electrons. The zero-order valence-corrected chi connectivity index (χ0v) is 8.86. The molecule has 2 aromatic carbocycles. The van der Waals surface area contributed by atoms with Crippen molar-refractivity contribution in [2.24, 2.45) is 0 Å². The predicted molar refractivity (Wildman–Crippen MR) is 63.0 cm³/mol. The Morgan fingerprint density at radius 2 is 1.47 bits per heavy atom. The molecular weight excluding hydrogens is 214 g/mol. The largest absolute Gasteiger partial charge is 0.398 e. The van der Waals surface area contributed by atoms with E-state index in [0.29, 0.717) is 22.4 Å². The van der Waals surface area contributed by atoms with E-state index in [9.17, 15) is 9.59 Å². The average Bonchev–Trinajstić information content (AvgIpc) is 2.36. The van der Waals surface area contributed by atoms with E-state index in [-0.39, 0.29) is 17.1 Å². The van der Waals surface area contributed by atoms with Gasteiger partial charge >= 0.3 is 0 Å². The van der Waals surface area contributed by atoms with Crippen LogP contribution in [0.4, 0.5) is 5.69 Å². The summed E-state index contributed by atoms with van der Waals surface area (Å²) in [4.78, 5) is 24.3. The Bertz CT molecular complexity index is 659. The molecule has 1 aliphatic rings. The third kappa shape index (κ3) is 1.29. The van der Waals surface area contributed by atoms with Gasteiger partial charge in [0.1, 0.15) is 0 Å². The zero-order chi connectivity index (χ0) is 12.0. The molecule has 0 amide bonds. The van der Waals surface area contributed by atoms with Crippen LogP contribution in [0.3, 0.4) is 0 Å². The maximum atomic E-state index is 12.2. The van der Waals surface area contributed by atoms with Crippen LogP contribution in [-0.2, 0) is 0 Å². The third-order valence-electron chi connectivity index (χ3n) is 2.86. The maximum Gasteiger partial charge on any atom is 0.195 e. The van der Waals surface area contributed by atoms with Gasteiger partial charge in [-0.3, -0.25) is 9.59 Å². The molecule has 0 fully saturated rings. The Balaban J connectivity index is 2.33. The summed E-state index contributed by atoms with van der Waals surface area (Å²) in [6, 6.07) is 12.7. The van der Waals surface area contributed by atoms with Crippen molar-refractivity contribution in [3.63, 3.8) is 0 Å². The molecule has 81 valence electrons.